The van der Waals surface area contributed by atoms with Gasteiger partial charge in [0.25, 0.3) is 0 Å². The summed E-state index contributed by atoms with van der Waals surface area (Å²) in [5.74, 6) is -0.00471. The van der Waals surface area contributed by atoms with Crippen molar-refractivity contribution >= 4 is 22.4 Å². The van der Waals surface area contributed by atoms with Gasteiger partial charge in [-0.1, -0.05) is 36.4 Å². The Morgan fingerprint density at radius 1 is 0.971 bits per heavy atom. The Balaban J connectivity index is 1.51. The van der Waals surface area contributed by atoms with Crippen LogP contribution in [0.3, 0.4) is 0 Å². The van der Waals surface area contributed by atoms with Gasteiger partial charge in [-0.25, -0.2) is 9.37 Å². The van der Waals surface area contributed by atoms with E-state index in [4.69, 9.17) is 4.74 Å². The highest BCUT2D eigenvalue weighted by atomic mass is 19.1. The van der Waals surface area contributed by atoms with Gasteiger partial charge < -0.3 is 14.6 Å². The first-order chi connectivity index (χ1) is 17.1. The molecule has 0 aliphatic heterocycles. The predicted molar refractivity (Wildman–Crippen MR) is 134 cm³/mol. The van der Waals surface area contributed by atoms with Crippen molar-refractivity contribution in [2.24, 2.45) is 0 Å². The minimum absolute atomic E-state index is 0.135. The molecule has 0 aliphatic rings. The topological polar surface area (TPSA) is 71.1 Å². The minimum Gasteiger partial charge on any atom is -0.496 e. The second-order valence-corrected chi connectivity index (χ2v) is 8.14. The third-order valence-corrected chi connectivity index (χ3v) is 5.95. The maximum Gasteiger partial charge on any atom is 0.231 e. The van der Waals surface area contributed by atoms with Crippen molar-refractivity contribution in [1.82, 2.24) is 15.0 Å². The average molecular weight is 467 g/mol. The fourth-order valence-electron chi connectivity index (χ4n) is 4.18. The fourth-order valence-corrected chi connectivity index (χ4v) is 4.18. The van der Waals surface area contributed by atoms with E-state index in [2.05, 4.69) is 15.0 Å². The van der Waals surface area contributed by atoms with Crippen LogP contribution in [0.5, 0.6) is 5.75 Å². The Bertz CT molecular complexity index is 1460. The second-order valence-electron chi connectivity index (χ2n) is 8.14. The van der Waals surface area contributed by atoms with Gasteiger partial charge in [-0.2, -0.15) is 0 Å². The molecule has 0 fully saturated rings. The van der Waals surface area contributed by atoms with E-state index in [0.29, 0.717) is 17.0 Å². The molecule has 3 aromatic carbocycles. The second kappa shape index (κ2) is 9.77. The molecule has 2 heterocycles. The number of fused-ring (bicyclic) bond motifs is 1. The molecule has 0 spiro atoms. The highest BCUT2D eigenvalue weighted by molar-refractivity contribution is 5.97. The summed E-state index contributed by atoms with van der Waals surface area (Å²) < 4.78 is 19.5. The predicted octanol–water partition coefficient (Wildman–Crippen LogP) is 5.55. The Labute approximate surface area is 202 Å². The number of aromatic amines is 1. The lowest BCUT2D eigenvalue weighted by molar-refractivity contribution is -0.118. The third-order valence-electron chi connectivity index (χ3n) is 5.95. The Morgan fingerprint density at radius 3 is 2.57 bits per heavy atom. The number of imidazole rings is 1. The van der Waals surface area contributed by atoms with E-state index in [-0.39, 0.29) is 24.7 Å². The van der Waals surface area contributed by atoms with E-state index in [1.54, 1.807) is 35.9 Å². The maximum atomic E-state index is 14.1. The zero-order chi connectivity index (χ0) is 24.2. The molecule has 1 N–H and O–H groups in total. The lowest BCUT2D eigenvalue weighted by Crippen LogP contribution is -2.32. The molecule has 0 unspecified atom stereocenters. The number of aromatic nitrogens is 3. The molecule has 7 heteroatoms. The van der Waals surface area contributed by atoms with Crippen LogP contribution in [0.15, 0.2) is 91.6 Å². The number of H-pyrrole nitrogens is 1. The maximum absolute atomic E-state index is 14.1. The highest BCUT2D eigenvalue weighted by Crippen LogP contribution is 2.28. The zero-order valence-corrected chi connectivity index (χ0v) is 19.1. The number of anilines is 1. The van der Waals surface area contributed by atoms with E-state index in [9.17, 15) is 9.18 Å². The smallest absolute Gasteiger partial charge is 0.231 e. The van der Waals surface area contributed by atoms with Crippen molar-refractivity contribution in [2.45, 2.75) is 13.0 Å². The zero-order valence-electron chi connectivity index (χ0n) is 19.1. The lowest BCUT2D eigenvalue weighted by Gasteiger charge is -2.24. The molecule has 6 nitrogen and oxygen atoms in total. The monoisotopic (exact) mass is 466 g/mol. The number of halogens is 1. The first kappa shape index (κ1) is 22.3. The van der Waals surface area contributed by atoms with Crippen molar-refractivity contribution in [3.63, 3.8) is 0 Å². The molecule has 0 atom stereocenters. The largest absolute Gasteiger partial charge is 0.496 e. The van der Waals surface area contributed by atoms with Crippen LogP contribution in [0.4, 0.5) is 10.1 Å². The number of hydrogen-bond donors (Lipinski definition) is 1. The van der Waals surface area contributed by atoms with Gasteiger partial charge in [0, 0.05) is 29.0 Å². The summed E-state index contributed by atoms with van der Waals surface area (Å²) >= 11 is 0. The van der Waals surface area contributed by atoms with Gasteiger partial charge in [0.05, 0.1) is 38.3 Å². The van der Waals surface area contributed by atoms with Gasteiger partial charge in [0.1, 0.15) is 11.6 Å². The normalized spacial score (nSPS) is 10.9. The van der Waals surface area contributed by atoms with Crippen molar-refractivity contribution in [1.29, 1.82) is 0 Å². The van der Waals surface area contributed by atoms with Crippen LogP contribution in [0.2, 0.25) is 0 Å². The number of hydrogen-bond acceptors (Lipinski definition) is 4. The standard InChI is InChI=1S/C28H23FN4O2/c1-35-27-11-8-23(29)12-22(27)17-33(24-9-6-19(7-10-24)26-16-31-18-32-26)28(34)13-21-15-30-14-20-4-2-3-5-25(20)21/h2-12,14-16,18H,13,17H2,1H3,(H,31,32). The van der Waals surface area contributed by atoms with E-state index in [1.807, 2.05) is 48.5 Å². The molecule has 0 saturated heterocycles. The van der Waals surface area contributed by atoms with E-state index in [0.717, 1.165) is 27.6 Å². The summed E-state index contributed by atoms with van der Waals surface area (Å²) in [6.45, 7) is 0.154. The first-order valence-corrected chi connectivity index (χ1v) is 11.2. The summed E-state index contributed by atoms with van der Waals surface area (Å²) in [6.07, 6.45) is 7.01. The number of carbonyl (C=O) groups excluding carboxylic acids is 1. The summed E-state index contributed by atoms with van der Waals surface area (Å²) in [5, 5.41) is 1.95. The van der Waals surface area contributed by atoms with E-state index >= 15 is 0 Å². The number of nitrogens with one attached hydrogen (secondary N) is 1. The van der Waals surface area contributed by atoms with E-state index in [1.165, 1.54) is 19.2 Å². The summed E-state index contributed by atoms with van der Waals surface area (Å²) in [7, 11) is 1.53. The van der Waals surface area contributed by atoms with Gasteiger partial charge in [0.15, 0.2) is 0 Å². The minimum atomic E-state index is -0.388. The van der Waals surface area contributed by atoms with Crippen LogP contribution >= 0.6 is 0 Å². The van der Waals surface area contributed by atoms with Crippen molar-refractivity contribution in [3.05, 3.63) is 109 Å². The number of amides is 1. The van der Waals surface area contributed by atoms with Crippen LogP contribution in [0.25, 0.3) is 22.0 Å². The summed E-state index contributed by atoms with van der Waals surface area (Å²) in [5.41, 5.74) is 3.92. The summed E-state index contributed by atoms with van der Waals surface area (Å²) in [4.78, 5) is 26.8. The van der Waals surface area contributed by atoms with Crippen LogP contribution in [0, 0.1) is 5.82 Å². The van der Waals surface area contributed by atoms with Gasteiger partial charge in [-0.3, -0.25) is 9.78 Å². The third kappa shape index (κ3) is 4.75. The number of methoxy groups -OCH3 is 1. The average Bonchev–Trinajstić information content (AvgIpc) is 3.43. The molecule has 2 aromatic heterocycles. The van der Waals surface area contributed by atoms with Crippen molar-refractivity contribution in [2.75, 3.05) is 12.0 Å². The molecule has 0 bridgehead atoms. The van der Waals surface area contributed by atoms with Crippen LogP contribution < -0.4 is 9.64 Å². The number of benzene rings is 3. The molecule has 0 saturated carbocycles. The molecular formula is C28H23FN4O2. The van der Waals surface area contributed by atoms with E-state index < -0.39 is 0 Å². The molecule has 1 amide bonds. The number of rotatable bonds is 7. The molecular weight excluding hydrogens is 443 g/mol. The van der Waals surface area contributed by atoms with Gasteiger partial charge in [-0.15, -0.1) is 0 Å². The van der Waals surface area contributed by atoms with Crippen LogP contribution in [-0.4, -0.2) is 28.0 Å². The fraction of sp³-hybridized carbons (Fsp3) is 0.107. The van der Waals surface area contributed by atoms with Crippen LogP contribution in [-0.2, 0) is 17.8 Å². The highest BCUT2D eigenvalue weighted by Gasteiger charge is 2.20. The Hall–Kier alpha value is -4.52. The van der Waals surface area contributed by atoms with Crippen LogP contribution in [0.1, 0.15) is 11.1 Å². The SMILES string of the molecule is COc1ccc(F)cc1CN(C(=O)Cc1cncc2ccccc12)c1ccc(-c2cnc[nH]2)cc1. The molecule has 35 heavy (non-hydrogen) atoms. The Kier molecular flexibility index (Phi) is 6.22. The first-order valence-electron chi connectivity index (χ1n) is 11.2. The number of pyridine rings is 1. The molecule has 0 aliphatic carbocycles. The number of ether oxygens (including phenoxy) is 1. The quantitative estimate of drug-likeness (QED) is 0.341. The summed E-state index contributed by atoms with van der Waals surface area (Å²) in [6, 6.07) is 19.8. The van der Waals surface area contributed by atoms with Gasteiger partial charge in [-0.05, 0) is 46.8 Å². The molecule has 5 aromatic rings. The molecule has 5 rings (SSSR count). The lowest BCUT2D eigenvalue weighted by atomic mass is 10.0. The van der Waals surface area contributed by atoms with Crippen molar-refractivity contribution in [3.8, 4) is 17.0 Å². The number of nitrogens with zero attached hydrogens (tertiary/aromatic N) is 3. The molecule has 0 radical (unpaired) electrons. The number of carbonyl (C=O) groups is 1. The Morgan fingerprint density at radius 2 is 1.80 bits per heavy atom. The molecule has 174 valence electrons. The van der Waals surface area contributed by atoms with Gasteiger partial charge in [0.2, 0.25) is 5.91 Å². The van der Waals surface area contributed by atoms with Gasteiger partial charge >= 0.3 is 0 Å². The van der Waals surface area contributed by atoms with Crippen molar-refractivity contribution < 1.29 is 13.9 Å².